The van der Waals surface area contributed by atoms with Crippen LogP contribution in [0, 0.1) is 5.92 Å². The molecule has 2 aromatic heterocycles. The number of likely N-dealkylation sites (tertiary alicyclic amines) is 1. The minimum absolute atomic E-state index is 0.0226. The molecule has 22 heavy (non-hydrogen) atoms. The molecule has 0 radical (unpaired) electrons. The molecule has 2 N–H and O–H groups in total. The molecule has 0 saturated carbocycles. The fourth-order valence-corrected chi connectivity index (χ4v) is 2.46. The zero-order chi connectivity index (χ0) is 15.9. The van der Waals surface area contributed by atoms with Crippen LogP contribution in [0.1, 0.15) is 20.8 Å². The Labute approximate surface area is 123 Å². The van der Waals surface area contributed by atoms with E-state index >= 15 is 0 Å². The number of nitrogens with one attached hydrogen (secondary N) is 2. The van der Waals surface area contributed by atoms with Crippen molar-refractivity contribution in [1.29, 1.82) is 0 Å². The first-order chi connectivity index (χ1) is 10.6. The van der Waals surface area contributed by atoms with Crippen LogP contribution in [0.3, 0.4) is 0 Å². The van der Waals surface area contributed by atoms with Gasteiger partial charge in [-0.05, 0) is 0 Å². The average Bonchev–Trinajstić information content (AvgIpc) is 2.86. The molecule has 0 bridgehead atoms. The van der Waals surface area contributed by atoms with Gasteiger partial charge in [-0.3, -0.25) is 23.9 Å². The Morgan fingerprint density at radius 2 is 2.23 bits per heavy atom. The Bertz CT molecular complexity index is 806. The largest absolute Gasteiger partial charge is 0.354 e. The summed E-state index contributed by atoms with van der Waals surface area (Å²) in [4.78, 5) is 41.8. The maximum atomic E-state index is 12.6. The van der Waals surface area contributed by atoms with Crippen molar-refractivity contribution in [3.8, 4) is 0 Å². The lowest BCUT2D eigenvalue weighted by molar-refractivity contribution is 0.0452. The number of fused-ring (bicyclic) bond motifs is 1. The van der Waals surface area contributed by atoms with Gasteiger partial charge in [0.15, 0.2) is 5.65 Å². The summed E-state index contributed by atoms with van der Waals surface area (Å²) in [6, 6.07) is 1.22. The summed E-state index contributed by atoms with van der Waals surface area (Å²) in [5.41, 5.74) is -0.361. The number of carbonyl (C=O) groups excluding carboxylic acids is 2. The van der Waals surface area contributed by atoms with Gasteiger partial charge in [-0.15, -0.1) is 0 Å². The predicted molar refractivity (Wildman–Crippen MR) is 74.6 cm³/mol. The van der Waals surface area contributed by atoms with E-state index in [9.17, 15) is 18.8 Å². The number of alkyl halides is 1. The average molecular weight is 307 g/mol. The standard InChI is InChI=1S/C13H14FN5O3/c1-15-12(21)10-9(13(22)18-5-7(4-14)6-18)11-16-3-2-8(20)19(11)17-10/h2-3,7,17H,4-6H2,1H3,(H,15,21). The van der Waals surface area contributed by atoms with E-state index in [2.05, 4.69) is 15.4 Å². The molecular weight excluding hydrogens is 293 g/mol. The number of H-pyrrole nitrogens is 1. The summed E-state index contributed by atoms with van der Waals surface area (Å²) in [5, 5.41) is 5.01. The lowest BCUT2D eigenvalue weighted by Crippen LogP contribution is -2.51. The first-order valence-corrected chi connectivity index (χ1v) is 6.74. The van der Waals surface area contributed by atoms with Crippen molar-refractivity contribution in [2.75, 3.05) is 26.8 Å². The summed E-state index contributed by atoms with van der Waals surface area (Å²) in [6.07, 6.45) is 1.27. The van der Waals surface area contributed by atoms with E-state index in [0.29, 0.717) is 0 Å². The van der Waals surface area contributed by atoms with E-state index < -0.39 is 24.0 Å². The SMILES string of the molecule is CNC(=O)c1[nH]n2c(=O)ccnc2c1C(=O)N1CC(CF)C1. The van der Waals surface area contributed by atoms with Gasteiger partial charge in [0.1, 0.15) is 11.3 Å². The minimum Gasteiger partial charge on any atom is -0.354 e. The molecule has 0 atom stereocenters. The molecular formula is C13H14FN5O3. The van der Waals surface area contributed by atoms with Crippen LogP contribution in [0.4, 0.5) is 4.39 Å². The highest BCUT2D eigenvalue weighted by Gasteiger charge is 2.35. The molecule has 3 rings (SSSR count). The molecule has 0 aromatic carbocycles. The number of aromatic nitrogens is 3. The van der Waals surface area contributed by atoms with Crippen LogP contribution in [0.25, 0.3) is 5.65 Å². The highest BCUT2D eigenvalue weighted by molar-refractivity contribution is 6.10. The van der Waals surface area contributed by atoms with E-state index in [0.717, 1.165) is 4.52 Å². The quantitative estimate of drug-likeness (QED) is 0.792. The minimum atomic E-state index is -0.532. The molecule has 2 amide bonds. The second-order valence-corrected chi connectivity index (χ2v) is 5.11. The van der Waals surface area contributed by atoms with Crippen molar-refractivity contribution >= 4 is 17.5 Å². The third kappa shape index (κ3) is 2.05. The van der Waals surface area contributed by atoms with Crippen LogP contribution in [0.5, 0.6) is 0 Å². The van der Waals surface area contributed by atoms with Gasteiger partial charge in [-0.25, -0.2) is 9.50 Å². The fourth-order valence-electron chi connectivity index (χ4n) is 2.46. The smallest absolute Gasteiger partial charge is 0.272 e. The summed E-state index contributed by atoms with van der Waals surface area (Å²) in [5.74, 6) is -1.15. The van der Waals surface area contributed by atoms with E-state index in [-0.39, 0.29) is 35.9 Å². The number of hydrogen-bond donors (Lipinski definition) is 2. The monoisotopic (exact) mass is 307 g/mol. The van der Waals surface area contributed by atoms with Crippen LogP contribution < -0.4 is 10.9 Å². The van der Waals surface area contributed by atoms with Crippen LogP contribution in [0.2, 0.25) is 0 Å². The van der Waals surface area contributed by atoms with Crippen molar-refractivity contribution in [2.24, 2.45) is 5.92 Å². The number of rotatable bonds is 3. The number of halogens is 1. The van der Waals surface area contributed by atoms with Crippen LogP contribution in [0.15, 0.2) is 17.1 Å². The Morgan fingerprint density at radius 3 is 2.86 bits per heavy atom. The number of hydrogen-bond acceptors (Lipinski definition) is 4. The summed E-state index contributed by atoms with van der Waals surface area (Å²) in [6.45, 7) is 0.0888. The number of carbonyl (C=O) groups is 2. The molecule has 1 saturated heterocycles. The lowest BCUT2D eigenvalue weighted by atomic mass is 10.0. The van der Waals surface area contributed by atoms with Crippen molar-refractivity contribution in [3.63, 3.8) is 0 Å². The van der Waals surface area contributed by atoms with Gasteiger partial charge in [-0.2, -0.15) is 0 Å². The Hall–Kier alpha value is -2.71. The molecule has 0 unspecified atom stereocenters. The number of nitrogens with zero attached hydrogens (tertiary/aromatic N) is 3. The number of aromatic amines is 1. The van der Waals surface area contributed by atoms with Gasteiger partial charge in [0.2, 0.25) is 0 Å². The lowest BCUT2D eigenvalue weighted by Gasteiger charge is -2.37. The Balaban J connectivity index is 2.10. The highest BCUT2D eigenvalue weighted by Crippen LogP contribution is 2.22. The maximum Gasteiger partial charge on any atom is 0.272 e. The van der Waals surface area contributed by atoms with Gasteiger partial charge in [0.05, 0.1) is 6.67 Å². The Kier molecular flexibility index (Phi) is 3.39. The third-order valence-corrected chi connectivity index (χ3v) is 3.67. The number of amides is 2. The molecule has 1 aliphatic rings. The van der Waals surface area contributed by atoms with E-state index in [1.807, 2.05) is 0 Å². The van der Waals surface area contributed by atoms with E-state index in [4.69, 9.17) is 0 Å². The molecule has 0 aliphatic carbocycles. The molecule has 1 aliphatic heterocycles. The highest BCUT2D eigenvalue weighted by atomic mass is 19.1. The molecule has 0 spiro atoms. The normalized spacial score (nSPS) is 14.9. The zero-order valence-electron chi connectivity index (χ0n) is 11.8. The zero-order valence-corrected chi connectivity index (χ0v) is 11.8. The molecule has 1 fully saturated rings. The topological polar surface area (TPSA) is 99.6 Å². The predicted octanol–water partition coefficient (Wildman–Crippen LogP) is -0.576. The fraction of sp³-hybridized carbons (Fsp3) is 0.385. The first kappa shape index (κ1) is 14.2. The molecule has 3 heterocycles. The summed E-state index contributed by atoms with van der Waals surface area (Å²) in [7, 11) is 1.42. The molecule has 2 aromatic rings. The molecule has 8 nitrogen and oxygen atoms in total. The van der Waals surface area contributed by atoms with Crippen LogP contribution in [-0.4, -0.2) is 58.1 Å². The van der Waals surface area contributed by atoms with Crippen molar-refractivity contribution in [2.45, 2.75) is 0 Å². The Morgan fingerprint density at radius 1 is 1.50 bits per heavy atom. The molecule has 9 heteroatoms. The van der Waals surface area contributed by atoms with Gasteiger partial charge < -0.3 is 10.2 Å². The van der Waals surface area contributed by atoms with Crippen molar-refractivity contribution < 1.29 is 14.0 Å². The van der Waals surface area contributed by atoms with Gasteiger partial charge in [0.25, 0.3) is 17.4 Å². The maximum absolute atomic E-state index is 12.6. The van der Waals surface area contributed by atoms with Gasteiger partial charge >= 0.3 is 0 Å². The van der Waals surface area contributed by atoms with Crippen molar-refractivity contribution in [1.82, 2.24) is 24.8 Å². The second-order valence-electron chi connectivity index (χ2n) is 5.11. The second kappa shape index (κ2) is 5.24. The van der Waals surface area contributed by atoms with Crippen LogP contribution >= 0.6 is 0 Å². The third-order valence-electron chi connectivity index (χ3n) is 3.67. The van der Waals surface area contributed by atoms with Gasteiger partial charge in [-0.1, -0.05) is 0 Å². The van der Waals surface area contributed by atoms with Crippen molar-refractivity contribution in [3.05, 3.63) is 33.9 Å². The first-order valence-electron chi connectivity index (χ1n) is 6.74. The molecule has 116 valence electrons. The summed E-state index contributed by atoms with van der Waals surface area (Å²) < 4.78 is 13.6. The van der Waals surface area contributed by atoms with Crippen LogP contribution in [-0.2, 0) is 0 Å². The van der Waals surface area contributed by atoms with Gasteiger partial charge in [0, 0.05) is 38.3 Å². The van der Waals surface area contributed by atoms with E-state index in [1.54, 1.807) is 0 Å². The van der Waals surface area contributed by atoms with E-state index in [1.165, 1.54) is 24.2 Å². The summed E-state index contributed by atoms with van der Waals surface area (Å²) >= 11 is 0.